The second-order valence-corrected chi connectivity index (χ2v) is 6.33. The summed E-state index contributed by atoms with van der Waals surface area (Å²) in [5.74, 6) is 6.55. The molecule has 1 aliphatic rings. The van der Waals surface area contributed by atoms with E-state index in [-0.39, 0.29) is 6.04 Å². The number of hydrogen-bond donors (Lipinski definition) is 2. The first-order valence-corrected chi connectivity index (χ1v) is 7.89. The average molecular weight is 331 g/mol. The van der Waals surface area contributed by atoms with Gasteiger partial charge in [-0.1, -0.05) is 58.7 Å². The van der Waals surface area contributed by atoms with E-state index in [2.05, 4.69) is 63.8 Å². The van der Waals surface area contributed by atoms with Crippen LogP contribution in [0.25, 0.3) is 0 Å². The van der Waals surface area contributed by atoms with E-state index in [9.17, 15) is 0 Å². The Hall–Kier alpha value is -1.16. The lowest BCUT2D eigenvalue weighted by atomic mass is 9.76. The second-order valence-electron chi connectivity index (χ2n) is 5.41. The van der Waals surface area contributed by atoms with Gasteiger partial charge >= 0.3 is 0 Å². The fourth-order valence-electron chi connectivity index (χ4n) is 2.92. The second kappa shape index (κ2) is 6.08. The quantitative estimate of drug-likeness (QED) is 0.649. The van der Waals surface area contributed by atoms with Crippen LogP contribution < -0.4 is 11.3 Å². The molecular weight excluding hydrogens is 312 g/mol. The fraction of sp³-hybridized carbons (Fsp3) is 0.294. The van der Waals surface area contributed by atoms with Crippen molar-refractivity contribution in [1.29, 1.82) is 0 Å². The molecule has 1 aliphatic carbocycles. The molecule has 0 amide bonds. The van der Waals surface area contributed by atoms with E-state index in [4.69, 9.17) is 5.84 Å². The highest BCUT2D eigenvalue weighted by atomic mass is 79.9. The van der Waals surface area contributed by atoms with Gasteiger partial charge in [-0.2, -0.15) is 0 Å². The van der Waals surface area contributed by atoms with Gasteiger partial charge in [-0.15, -0.1) is 0 Å². The summed E-state index contributed by atoms with van der Waals surface area (Å²) in [7, 11) is 0. The summed E-state index contributed by atoms with van der Waals surface area (Å²) in [6, 6.07) is 17.1. The van der Waals surface area contributed by atoms with Gasteiger partial charge in [0.05, 0.1) is 6.04 Å². The van der Waals surface area contributed by atoms with Gasteiger partial charge in [0.1, 0.15) is 0 Å². The van der Waals surface area contributed by atoms with E-state index in [0.29, 0.717) is 5.92 Å². The Bertz CT molecular complexity index is 593. The van der Waals surface area contributed by atoms with Crippen LogP contribution in [0.5, 0.6) is 0 Å². The highest BCUT2D eigenvalue weighted by molar-refractivity contribution is 9.10. The number of hydrogen-bond acceptors (Lipinski definition) is 2. The Labute approximate surface area is 128 Å². The van der Waals surface area contributed by atoms with Crippen LogP contribution in [-0.2, 0) is 0 Å². The fourth-order valence-corrected chi connectivity index (χ4v) is 3.33. The molecule has 3 N–H and O–H groups in total. The van der Waals surface area contributed by atoms with Crippen molar-refractivity contribution in [3.63, 3.8) is 0 Å². The normalized spacial score (nSPS) is 16.7. The Morgan fingerprint density at radius 3 is 2.55 bits per heavy atom. The molecule has 2 aromatic rings. The molecule has 0 spiro atoms. The zero-order valence-corrected chi connectivity index (χ0v) is 12.9. The first kappa shape index (κ1) is 13.8. The van der Waals surface area contributed by atoms with Crippen molar-refractivity contribution in [2.24, 2.45) is 5.84 Å². The van der Waals surface area contributed by atoms with Crippen LogP contribution in [-0.4, -0.2) is 0 Å². The summed E-state index contributed by atoms with van der Waals surface area (Å²) < 4.78 is 1.08. The zero-order chi connectivity index (χ0) is 13.9. The van der Waals surface area contributed by atoms with Gasteiger partial charge in [-0.3, -0.25) is 5.84 Å². The molecule has 0 saturated heterocycles. The SMILES string of the molecule is NNC(c1cccc(Br)c1)c1ccccc1C1CCC1. The molecular formula is C17H19BrN2. The van der Waals surface area contributed by atoms with Gasteiger partial charge in [-0.05, 0) is 47.6 Å². The van der Waals surface area contributed by atoms with Crippen molar-refractivity contribution in [3.8, 4) is 0 Å². The van der Waals surface area contributed by atoms with Crippen molar-refractivity contribution >= 4 is 15.9 Å². The molecule has 1 atom stereocenters. The molecule has 0 bridgehead atoms. The van der Waals surface area contributed by atoms with Gasteiger partial charge in [-0.25, -0.2) is 5.43 Å². The zero-order valence-electron chi connectivity index (χ0n) is 11.4. The topological polar surface area (TPSA) is 38.0 Å². The number of nitrogens with one attached hydrogen (secondary N) is 1. The van der Waals surface area contributed by atoms with Gasteiger partial charge in [0.15, 0.2) is 0 Å². The van der Waals surface area contributed by atoms with Gasteiger partial charge in [0.2, 0.25) is 0 Å². The molecule has 0 aliphatic heterocycles. The lowest BCUT2D eigenvalue weighted by Gasteiger charge is -2.30. The maximum atomic E-state index is 5.85. The van der Waals surface area contributed by atoms with Crippen molar-refractivity contribution in [1.82, 2.24) is 5.43 Å². The Kier molecular flexibility index (Phi) is 4.20. The molecule has 2 aromatic carbocycles. The number of benzene rings is 2. The van der Waals surface area contributed by atoms with Crippen LogP contribution >= 0.6 is 15.9 Å². The maximum absolute atomic E-state index is 5.85. The lowest BCUT2D eigenvalue weighted by Crippen LogP contribution is -2.30. The Morgan fingerprint density at radius 2 is 1.90 bits per heavy atom. The predicted octanol–water partition coefficient (Wildman–Crippen LogP) is 4.27. The van der Waals surface area contributed by atoms with E-state index in [1.54, 1.807) is 0 Å². The molecule has 20 heavy (non-hydrogen) atoms. The highest BCUT2D eigenvalue weighted by Crippen LogP contribution is 2.40. The van der Waals surface area contributed by atoms with Crippen LogP contribution in [0.2, 0.25) is 0 Å². The Morgan fingerprint density at radius 1 is 1.10 bits per heavy atom. The van der Waals surface area contributed by atoms with E-state index < -0.39 is 0 Å². The molecule has 0 heterocycles. The van der Waals surface area contributed by atoms with Gasteiger partial charge in [0.25, 0.3) is 0 Å². The third-order valence-corrected chi connectivity index (χ3v) is 4.69. The molecule has 0 aromatic heterocycles. The van der Waals surface area contributed by atoms with E-state index in [1.807, 2.05) is 6.07 Å². The number of rotatable bonds is 4. The highest BCUT2D eigenvalue weighted by Gasteiger charge is 2.25. The molecule has 1 fully saturated rings. The number of hydrazine groups is 1. The minimum atomic E-state index is 0.0456. The van der Waals surface area contributed by atoms with E-state index >= 15 is 0 Å². The minimum absolute atomic E-state index is 0.0456. The van der Waals surface area contributed by atoms with Crippen molar-refractivity contribution < 1.29 is 0 Å². The first-order valence-electron chi connectivity index (χ1n) is 7.10. The molecule has 3 rings (SSSR count). The van der Waals surface area contributed by atoms with Crippen molar-refractivity contribution in [2.75, 3.05) is 0 Å². The van der Waals surface area contributed by atoms with Crippen LogP contribution in [0.4, 0.5) is 0 Å². The molecule has 0 radical (unpaired) electrons. The molecule has 2 nitrogen and oxygen atoms in total. The summed E-state index contributed by atoms with van der Waals surface area (Å²) in [4.78, 5) is 0. The minimum Gasteiger partial charge on any atom is -0.271 e. The van der Waals surface area contributed by atoms with Gasteiger partial charge in [0, 0.05) is 4.47 Å². The van der Waals surface area contributed by atoms with E-state index in [0.717, 1.165) is 4.47 Å². The largest absolute Gasteiger partial charge is 0.271 e. The summed E-state index contributed by atoms with van der Waals surface area (Å²) in [6.07, 6.45) is 3.94. The van der Waals surface area contributed by atoms with Crippen LogP contribution in [0.3, 0.4) is 0 Å². The van der Waals surface area contributed by atoms with Gasteiger partial charge < -0.3 is 0 Å². The first-order chi connectivity index (χ1) is 9.79. The Balaban J connectivity index is 2.01. The number of nitrogens with two attached hydrogens (primary N) is 1. The molecule has 1 saturated carbocycles. The summed E-state index contributed by atoms with van der Waals surface area (Å²) in [5, 5.41) is 0. The standard InChI is InChI=1S/C17H19BrN2/c18-14-8-4-7-13(11-14)17(20-19)16-10-2-1-9-15(16)12-5-3-6-12/h1-2,4,7-12,17,20H,3,5-6,19H2. The van der Waals surface area contributed by atoms with Crippen molar-refractivity contribution in [2.45, 2.75) is 31.2 Å². The maximum Gasteiger partial charge on any atom is 0.0713 e. The average Bonchev–Trinajstić information content (AvgIpc) is 2.40. The van der Waals surface area contributed by atoms with Crippen LogP contribution in [0.1, 0.15) is 47.9 Å². The third-order valence-electron chi connectivity index (χ3n) is 4.20. The number of halogens is 1. The molecule has 1 unspecified atom stereocenters. The lowest BCUT2D eigenvalue weighted by molar-refractivity contribution is 0.414. The summed E-state index contributed by atoms with van der Waals surface area (Å²) in [5.41, 5.74) is 6.92. The molecule has 104 valence electrons. The summed E-state index contributed by atoms with van der Waals surface area (Å²) >= 11 is 3.54. The monoisotopic (exact) mass is 330 g/mol. The van der Waals surface area contributed by atoms with Crippen LogP contribution in [0, 0.1) is 0 Å². The molecule has 3 heteroatoms. The van der Waals surface area contributed by atoms with E-state index in [1.165, 1.54) is 36.0 Å². The predicted molar refractivity (Wildman–Crippen MR) is 86.3 cm³/mol. The third kappa shape index (κ3) is 2.66. The van der Waals surface area contributed by atoms with Crippen LogP contribution in [0.15, 0.2) is 53.0 Å². The smallest absolute Gasteiger partial charge is 0.0713 e. The summed E-state index contributed by atoms with van der Waals surface area (Å²) in [6.45, 7) is 0. The van der Waals surface area contributed by atoms with Crippen molar-refractivity contribution in [3.05, 3.63) is 69.7 Å².